The van der Waals surface area contributed by atoms with Crippen LogP contribution in [0, 0.1) is 0 Å². The number of halogens is 1. The molecule has 1 heterocycles. The van der Waals surface area contributed by atoms with Gasteiger partial charge in [-0.05, 0) is 43.0 Å². The van der Waals surface area contributed by atoms with Gasteiger partial charge in [0.05, 0.1) is 12.2 Å². The third-order valence-corrected chi connectivity index (χ3v) is 4.33. The fourth-order valence-electron chi connectivity index (χ4n) is 1.94. The molecule has 0 spiro atoms. The first kappa shape index (κ1) is 17.7. The number of ether oxygens (including phenoxy) is 1. The highest BCUT2D eigenvalue weighted by molar-refractivity contribution is 9.10. The molecule has 1 N–H and O–H groups in total. The van der Waals surface area contributed by atoms with Crippen LogP contribution in [0.3, 0.4) is 0 Å². The Morgan fingerprint density at radius 2 is 2.22 bits per heavy atom. The summed E-state index contributed by atoms with van der Waals surface area (Å²) in [4.78, 5) is 16.6. The van der Waals surface area contributed by atoms with Crippen molar-refractivity contribution in [1.29, 1.82) is 0 Å². The highest BCUT2D eigenvalue weighted by Crippen LogP contribution is 2.28. The Balaban J connectivity index is 2.23. The van der Waals surface area contributed by atoms with Crippen LogP contribution in [-0.4, -0.2) is 25.3 Å². The zero-order valence-electron chi connectivity index (χ0n) is 13.1. The summed E-state index contributed by atoms with van der Waals surface area (Å²) in [6.45, 7) is 5.22. The van der Waals surface area contributed by atoms with E-state index in [1.165, 1.54) is 11.3 Å². The van der Waals surface area contributed by atoms with Crippen LogP contribution in [-0.2, 0) is 0 Å². The van der Waals surface area contributed by atoms with Crippen LogP contribution in [0.2, 0.25) is 0 Å². The van der Waals surface area contributed by atoms with E-state index in [1.54, 1.807) is 12.3 Å². The number of aliphatic imine (C=N–C) groups is 1. The Morgan fingerprint density at radius 3 is 2.96 bits per heavy atom. The van der Waals surface area contributed by atoms with Gasteiger partial charge in [0.25, 0.3) is 5.91 Å². The van der Waals surface area contributed by atoms with E-state index in [9.17, 15) is 4.79 Å². The van der Waals surface area contributed by atoms with Crippen molar-refractivity contribution < 1.29 is 9.53 Å². The van der Waals surface area contributed by atoms with E-state index in [-0.39, 0.29) is 5.91 Å². The lowest BCUT2D eigenvalue weighted by Gasteiger charge is -2.07. The SMILES string of the molecule is CCCNC(=O)c1ccsc1N=Cc1cc(Br)ccc1OCC. The van der Waals surface area contributed by atoms with Gasteiger partial charge < -0.3 is 10.1 Å². The lowest BCUT2D eigenvalue weighted by Crippen LogP contribution is -2.23. The molecule has 122 valence electrons. The predicted molar refractivity (Wildman–Crippen MR) is 99.5 cm³/mol. The first-order valence-corrected chi connectivity index (χ1v) is 9.15. The first-order chi connectivity index (χ1) is 11.2. The second kappa shape index (κ2) is 8.84. The van der Waals surface area contributed by atoms with Crippen LogP contribution >= 0.6 is 27.3 Å². The molecule has 4 nitrogen and oxygen atoms in total. The Labute approximate surface area is 148 Å². The number of thiophene rings is 1. The Kier molecular flexibility index (Phi) is 6.80. The van der Waals surface area contributed by atoms with E-state index >= 15 is 0 Å². The molecule has 1 aromatic carbocycles. The fraction of sp³-hybridized carbons (Fsp3) is 0.294. The molecule has 1 aromatic heterocycles. The topological polar surface area (TPSA) is 50.7 Å². The summed E-state index contributed by atoms with van der Waals surface area (Å²) in [5, 5.41) is 5.44. The van der Waals surface area contributed by atoms with E-state index in [2.05, 4.69) is 26.2 Å². The van der Waals surface area contributed by atoms with Gasteiger partial charge in [0.2, 0.25) is 0 Å². The molecule has 23 heavy (non-hydrogen) atoms. The van der Waals surface area contributed by atoms with E-state index in [1.807, 2.05) is 37.4 Å². The molecule has 1 amide bonds. The van der Waals surface area contributed by atoms with Gasteiger partial charge in [-0.1, -0.05) is 22.9 Å². The number of rotatable bonds is 7. The Hall–Kier alpha value is -1.66. The summed E-state index contributed by atoms with van der Waals surface area (Å²) in [6.07, 6.45) is 2.64. The summed E-state index contributed by atoms with van der Waals surface area (Å²) in [5.41, 5.74) is 1.47. The molecule has 0 fully saturated rings. The largest absolute Gasteiger partial charge is 0.493 e. The van der Waals surface area contributed by atoms with Gasteiger partial charge in [-0.25, -0.2) is 4.99 Å². The van der Waals surface area contributed by atoms with Crippen molar-refractivity contribution in [2.45, 2.75) is 20.3 Å². The van der Waals surface area contributed by atoms with Crippen LogP contribution in [0.1, 0.15) is 36.2 Å². The van der Waals surface area contributed by atoms with Gasteiger partial charge in [-0.2, -0.15) is 0 Å². The average Bonchev–Trinajstić information content (AvgIpc) is 3.01. The van der Waals surface area contributed by atoms with E-state index < -0.39 is 0 Å². The molecule has 0 saturated heterocycles. The molecule has 0 radical (unpaired) electrons. The van der Waals surface area contributed by atoms with E-state index in [0.29, 0.717) is 23.7 Å². The number of nitrogens with one attached hydrogen (secondary N) is 1. The summed E-state index contributed by atoms with van der Waals surface area (Å²) in [7, 11) is 0. The van der Waals surface area contributed by atoms with Crippen LogP contribution in [0.15, 0.2) is 39.1 Å². The number of benzene rings is 1. The molecular formula is C17H19BrN2O2S. The van der Waals surface area contributed by atoms with Gasteiger partial charge in [0.15, 0.2) is 0 Å². The van der Waals surface area contributed by atoms with Crippen molar-refractivity contribution in [2.75, 3.05) is 13.2 Å². The number of carbonyl (C=O) groups excluding carboxylic acids is 1. The molecule has 2 rings (SSSR count). The summed E-state index contributed by atoms with van der Waals surface area (Å²) < 4.78 is 6.56. The number of nitrogens with zero attached hydrogens (tertiary/aromatic N) is 1. The molecule has 0 saturated carbocycles. The van der Waals surface area contributed by atoms with Crippen molar-refractivity contribution in [3.05, 3.63) is 45.2 Å². The monoisotopic (exact) mass is 394 g/mol. The number of amides is 1. The molecule has 0 unspecified atom stereocenters. The zero-order valence-corrected chi connectivity index (χ0v) is 15.5. The third kappa shape index (κ3) is 4.91. The smallest absolute Gasteiger partial charge is 0.254 e. The average molecular weight is 395 g/mol. The maximum Gasteiger partial charge on any atom is 0.254 e. The normalized spacial score (nSPS) is 10.9. The minimum Gasteiger partial charge on any atom is -0.493 e. The van der Waals surface area contributed by atoms with Gasteiger partial charge >= 0.3 is 0 Å². The minimum atomic E-state index is -0.0838. The van der Waals surface area contributed by atoms with Crippen molar-refractivity contribution >= 4 is 44.4 Å². The number of hydrogen-bond donors (Lipinski definition) is 1. The van der Waals surface area contributed by atoms with Gasteiger partial charge in [0.1, 0.15) is 10.8 Å². The fourth-order valence-corrected chi connectivity index (χ4v) is 3.06. The molecule has 0 bridgehead atoms. The van der Waals surface area contributed by atoms with Crippen LogP contribution < -0.4 is 10.1 Å². The van der Waals surface area contributed by atoms with Crippen LogP contribution in [0.5, 0.6) is 5.75 Å². The van der Waals surface area contributed by atoms with Gasteiger partial charge in [-0.15, -0.1) is 11.3 Å². The van der Waals surface area contributed by atoms with Gasteiger partial charge in [-0.3, -0.25) is 4.79 Å². The second-order valence-electron chi connectivity index (χ2n) is 4.77. The second-order valence-corrected chi connectivity index (χ2v) is 6.58. The first-order valence-electron chi connectivity index (χ1n) is 7.47. The molecule has 0 aliphatic rings. The standard InChI is InChI=1S/C17H19BrN2O2S/c1-3-8-19-16(21)14-7-9-23-17(14)20-11-12-10-13(18)5-6-15(12)22-4-2/h5-7,9-11H,3-4,8H2,1-2H3,(H,19,21). The highest BCUT2D eigenvalue weighted by atomic mass is 79.9. The molecule has 2 aromatic rings. The maximum atomic E-state index is 12.1. The number of carbonyl (C=O) groups is 1. The molecule has 0 aliphatic heterocycles. The molecular weight excluding hydrogens is 376 g/mol. The molecule has 0 atom stereocenters. The Bertz CT molecular complexity index is 698. The zero-order chi connectivity index (χ0) is 16.7. The quantitative estimate of drug-likeness (QED) is 0.685. The predicted octanol–water partition coefficient (Wildman–Crippen LogP) is 4.80. The maximum absolute atomic E-state index is 12.1. The van der Waals surface area contributed by atoms with Crippen LogP contribution in [0.4, 0.5) is 5.00 Å². The highest BCUT2D eigenvalue weighted by Gasteiger charge is 2.11. The summed E-state index contributed by atoms with van der Waals surface area (Å²) in [6, 6.07) is 7.57. The lowest BCUT2D eigenvalue weighted by atomic mass is 10.2. The van der Waals surface area contributed by atoms with Gasteiger partial charge in [0, 0.05) is 22.8 Å². The van der Waals surface area contributed by atoms with E-state index in [0.717, 1.165) is 22.2 Å². The van der Waals surface area contributed by atoms with Crippen molar-refractivity contribution in [2.24, 2.45) is 4.99 Å². The molecule has 0 aliphatic carbocycles. The van der Waals surface area contributed by atoms with E-state index in [4.69, 9.17) is 4.74 Å². The van der Waals surface area contributed by atoms with Crippen LogP contribution in [0.25, 0.3) is 0 Å². The van der Waals surface area contributed by atoms with Crippen molar-refractivity contribution in [3.63, 3.8) is 0 Å². The Morgan fingerprint density at radius 1 is 1.39 bits per heavy atom. The third-order valence-electron chi connectivity index (χ3n) is 3.02. The minimum absolute atomic E-state index is 0.0838. The number of hydrogen-bond acceptors (Lipinski definition) is 4. The summed E-state index contributed by atoms with van der Waals surface area (Å²) in [5.74, 6) is 0.688. The van der Waals surface area contributed by atoms with Crippen molar-refractivity contribution in [1.82, 2.24) is 5.32 Å². The summed E-state index contributed by atoms with van der Waals surface area (Å²) >= 11 is 4.90. The molecule has 6 heteroatoms. The van der Waals surface area contributed by atoms with Crippen molar-refractivity contribution in [3.8, 4) is 5.75 Å². The lowest BCUT2D eigenvalue weighted by molar-refractivity contribution is 0.0955.